The molecule has 11 heteroatoms. The largest absolute Gasteiger partial charge is 0.465 e. The lowest BCUT2D eigenvalue weighted by molar-refractivity contribution is -0.259. The molecule has 8 atom stereocenters. The van der Waals surface area contributed by atoms with Gasteiger partial charge in [-0.15, -0.1) is 0 Å². The van der Waals surface area contributed by atoms with Gasteiger partial charge in [0.25, 0.3) is 0 Å². The number of hydrogen-bond donors (Lipinski definition) is 0. The number of cyclic esters (lactones) is 1. The van der Waals surface area contributed by atoms with Crippen molar-refractivity contribution in [3.63, 3.8) is 0 Å². The lowest BCUT2D eigenvalue weighted by atomic mass is 9.42. The van der Waals surface area contributed by atoms with E-state index in [1.807, 2.05) is 13.8 Å². The highest BCUT2D eigenvalue weighted by atomic mass is 16.6. The van der Waals surface area contributed by atoms with Crippen LogP contribution in [0.2, 0.25) is 0 Å². The van der Waals surface area contributed by atoms with E-state index in [0.29, 0.717) is 31.4 Å². The first-order chi connectivity index (χ1) is 18.2. The van der Waals surface area contributed by atoms with Gasteiger partial charge in [-0.3, -0.25) is 19.2 Å². The molecule has 3 fully saturated rings. The second kappa shape index (κ2) is 10.6. The minimum Gasteiger partial charge on any atom is -0.465 e. The van der Waals surface area contributed by atoms with E-state index < -0.39 is 70.5 Å². The van der Waals surface area contributed by atoms with Crippen LogP contribution in [-0.4, -0.2) is 73.6 Å². The molecular formula is C28H38O11. The van der Waals surface area contributed by atoms with Crippen LogP contribution in [0, 0.1) is 22.7 Å². The average Bonchev–Trinajstić information content (AvgIpc) is 3.47. The fraction of sp³-hybridized carbons (Fsp3) is 0.750. The Morgan fingerprint density at radius 3 is 2.23 bits per heavy atom. The summed E-state index contributed by atoms with van der Waals surface area (Å²) >= 11 is 0. The van der Waals surface area contributed by atoms with Gasteiger partial charge in [0.2, 0.25) is 0 Å². The summed E-state index contributed by atoms with van der Waals surface area (Å²) in [6.45, 7) is 9.60. The molecule has 0 bridgehead atoms. The van der Waals surface area contributed by atoms with Crippen molar-refractivity contribution in [3.05, 3.63) is 11.6 Å². The van der Waals surface area contributed by atoms with Crippen molar-refractivity contribution >= 4 is 29.8 Å². The molecule has 216 valence electrons. The van der Waals surface area contributed by atoms with Gasteiger partial charge in [-0.25, -0.2) is 4.79 Å². The van der Waals surface area contributed by atoms with Crippen LogP contribution in [0.5, 0.6) is 0 Å². The van der Waals surface area contributed by atoms with Gasteiger partial charge in [-0.2, -0.15) is 0 Å². The van der Waals surface area contributed by atoms with Crippen LogP contribution < -0.4 is 0 Å². The lowest BCUT2D eigenvalue weighted by Crippen LogP contribution is -2.71. The van der Waals surface area contributed by atoms with Gasteiger partial charge in [0.1, 0.15) is 37.1 Å². The normalized spacial score (nSPS) is 37.6. The van der Waals surface area contributed by atoms with Crippen molar-refractivity contribution in [2.45, 2.75) is 91.1 Å². The first-order valence-electron chi connectivity index (χ1n) is 13.4. The predicted octanol–water partition coefficient (Wildman–Crippen LogP) is 2.43. The zero-order valence-electron chi connectivity index (χ0n) is 23.4. The van der Waals surface area contributed by atoms with Crippen LogP contribution in [0.15, 0.2) is 11.6 Å². The smallest absolute Gasteiger partial charge is 0.331 e. The van der Waals surface area contributed by atoms with Crippen LogP contribution in [0.4, 0.5) is 0 Å². The molecule has 0 aromatic heterocycles. The molecular weight excluding hydrogens is 512 g/mol. The maximum absolute atomic E-state index is 12.4. The number of rotatable bonds is 8. The van der Waals surface area contributed by atoms with Crippen molar-refractivity contribution < 1.29 is 52.4 Å². The Morgan fingerprint density at radius 1 is 1.05 bits per heavy atom. The quantitative estimate of drug-likeness (QED) is 0.250. The Morgan fingerprint density at radius 2 is 1.72 bits per heavy atom. The number of hydrogen-bond acceptors (Lipinski definition) is 11. The van der Waals surface area contributed by atoms with E-state index in [1.165, 1.54) is 33.8 Å². The Labute approximate surface area is 227 Å². The molecule has 2 heterocycles. The van der Waals surface area contributed by atoms with E-state index in [-0.39, 0.29) is 25.6 Å². The zero-order valence-corrected chi connectivity index (χ0v) is 23.4. The topological polar surface area (TPSA) is 144 Å². The molecule has 2 aliphatic heterocycles. The maximum atomic E-state index is 12.4. The van der Waals surface area contributed by atoms with Crippen molar-refractivity contribution in [1.29, 1.82) is 0 Å². The van der Waals surface area contributed by atoms with Crippen LogP contribution in [0.3, 0.4) is 0 Å². The number of ether oxygens (including phenoxy) is 6. The first kappa shape index (κ1) is 29.0. The van der Waals surface area contributed by atoms with Gasteiger partial charge in [-0.05, 0) is 37.0 Å². The molecule has 0 aromatic rings. The summed E-state index contributed by atoms with van der Waals surface area (Å²) in [4.78, 5) is 60.9. The summed E-state index contributed by atoms with van der Waals surface area (Å²) in [6, 6.07) is 0. The number of epoxide rings is 1. The van der Waals surface area contributed by atoms with Gasteiger partial charge >= 0.3 is 29.8 Å². The maximum Gasteiger partial charge on any atom is 0.331 e. The Bertz CT molecular complexity index is 1080. The standard InChI is InChI=1S/C28H38O11/c1-15-9-23(39-19(5)32)28(14-35-16(2)29)25(21(37-17(3)30)7-8-27(28)13-36-27)26(15,6)11-22(38-18(4)31)20-10-24(33)34-12-20/h10,15,21-23,25H,7-9,11-14H2,1-6H3. The molecule has 0 aromatic carbocycles. The molecule has 1 spiro atoms. The van der Waals surface area contributed by atoms with Gasteiger partial charge in [-0.1, -0.05) is 13.8 Å². The molecule has 0 N–H and O–H groups in total. The van der Waals surface area contributed by atoms with E-state index in [4.69, 9.17) is 28.4 Å². The van der Waals surface area contributed by atoms with Crippen molar-refractivity contribution in [3.8, 4) is 0 Å². The lowest BCUT2D eigenvalue weighted by Gasteiger charge is -2.64. The highest BCUT2D eigenvalue weighted by Gasteiger charge is 2.77. The zero-order chi connectivity index (χ0) is 28.8. The summed E-state index contributed by atoms with van der Waals surface area (Å²) in [5.41, 5.74) is -1.98. The van der Waals surface area contributed by atoms with Crippen LogP contribution in [0.25, 0.3) is 0 Å². The van der Waals surface area contributed by atoms with E-state index in [1.54, 1.807) is 0 Å². The highest BCUT2D eigenvalue weighted by molar-refractivity contribution is 5.85. The van der Waals surface area contributed by atoms with Gasteiger partial charge < -0.3 is 28.4 Å². The van der Waals surface area contributed by atoms with E-state index in [2.05, 4.69) is 0 Å². The summed E-state index contributed by atoms with van der Waals surface area (Å²) < 4.78 is 34.6. The summed E-state index contributed by atoms with van der Waals surface area (Å²) in [6.07, 6.45) is 0.937. The van der Waals surface area contributed by atoms with Crippen molar-refractivity contribution in [1.82, 2.24) is 0 Å². The van der Waals surface area contributed by atoms with E-state index >= 15 is 0 Å². The summed E-state index contributed by atoms with van der Waals surface area (Å²) in [7, 11) is 0. The van der Waals surface area contributed by atoms with E-state index in [0.717, 1.165) is 0 Å². The average molecular weight is 551 g/mol. The van der Waals surface area contributed by atoms with Crippen LogP contribution in [-0.2, 0) is 52.4 Å². The minimum atomic E-state index is -1.04. The van der Waals surface area contributed by atoms with Crippen molar-refractivity contribution in [2.24, 2.45) is 22.7 Å². The minimum absolute atomic E-state index is 0.000986. The van der Waals surface area contributed by atoms with E-state index in [9.17, 15) is 24.0 Å². The SMILES string of the molecule is CC(=O)OCC12C(OC(C)=O)CC(C)C(C)(CC(OC(C)=O)C3=CC(=O)OC3)C1C(OC(C)=O)CCC21CO1. The molecule has 39 heavy (non-hydrogen) atoms. The third-order valence-corrected chi connectivity index (χ3v) is 9.25. The second-order valence-electron chi connectivity index (χ2n) is 11.6. The molecule has 0 radical (unpaired) electrons. The number of esters is 5. The predicted molar refractivity (Wildman–Crippen MR) is 133 cm³/mol. The molecule has 11 nitrogen and oxygen atoms in total. The van der Waals surface area contributed by atoms with Crippen LogP contribution in [0.1, 0.15) is 67.2 Å². The number of carbonyl (C=O) groups excluding carboxylic acids is 5. The highest BCUT2D eigenvalue weighted by Crippen LogP contribution is 2.69. The summed E-state index contributed by atoms with van der Waals surface area (Å²) in [5.74, 6) is -3.13. The first-order valence-corrected chi connectivity index (χ1v) is 13.4. The number of fused-ring (bicyclic) bond motifs is 2. The van der Waals surface area contributed by atoms with Gasteiger partial charge in [0.15, 0.2) is 0 Å². The number of carbonyl (C=O) groups is 5. The molecule has 0 amide bonds. The van der Waals surface area contributed by atoms with Crippen molar-refractivity contribution in [2.75, 3.05) is 19.8 Å². The molecule has 4 rings (SSSR count). The third-order valence-electron chi connectivity index (χ3n) is 9.25. The molecule has 2 saturated carbocycles. The third kappa shape index (κ3) is 5.29. The Kier molecular flexibility index (Phi) is 7.86. The fourth-order valence-electron chi connectivity index (χ4n) is 7.48. The molecule has 2 aliphatic carbocycles. The molecule has 8 unspecified atom stereocenters. The summed E-state index contributed by atoms with van der Waals surface area (Å²) in [5, 5.41) is 0. The van der Waals surface area contributed by atoms with Crippen LogP contribution >= 0.6 is 0 Å². The Balaban J connectivity index is 1.88. The fourth-order valence-corrected chi connectivity index (χ4v) is 7.48. The van der Waals surface area contributed by atoms with Gasteiger partial charge in [0, 0.05) is 45.3 Å². The second-order valence-corrected chi connectivity index (χ2v) is 11.6. The Hall–Kier alpha value is -2.95. The monoisotopic (exact) mass is 550 g/mol. The molecule has 1 saturated heterocycles. The van der Waals surface area contributed by atoms with Gasteiger partial charge in [0.05, 0.1) is 12.0 Å². The molecule has 4 aliphatic rings.